The van der Waals surface area contributed by atoms with Crippen LogP contribution in [0.2, 0.25) is 0 Å². The number of methoxy groups -OCH3 is 1. The Kier molecular flexibility index (Phi) is 6.99. The molecule has 0 bridgehead atoms. The monoisotopic (exact) mass is 469 g/mol. The predicted octanol–water partition coefficient (Wildman–Crippen LogP) is 3.85. The van der Waals surface area contributed by atoms with Gasteiger partial charge in [0, 0.05) is 31.6 Å². The highest BCUT2D eigenvalue weighted by atomic mass is 32.1. The molecule has 0 radical (unpaired) electrons. The molecule has 0 saturated heterocycles. The van der Waals surface area contributed by atoms with Crippen LogP contribution in [0.4, 0.5) is 11.4 Å². The number of aryl methyl sites for hydroxylation is 1. The van der Waals surface area contributed by atoms with E-state index in [1.54, 1.807) is 29.4 Å². The maximum Gasteiger partial charge on any atom is 0.313 e. The molecule has 1 aromatic carbocycles. The Morgan fingerprint density at radius 1 is 1.16 bits per heavy atom. The number of nitrogens with zero attached hydrogens (tertiary/aromatic N) is 1. The number of amides is 3. The Morgan fingerprint density at radius 2 is 2.03 bits per heavy atom. The molecule has 3 amide bonds. The van der Waals surface area contributed by atoms with E-state index in [0.717, 1.165) is 29.7 Å². The number of hydrogen-bond acceptors (Lipinski definition) is 6. The Morgan fingerprint density at radius 3 is 2.75 bits per heavy atom. The molecule has 9 heteroatoms. The van der Waals surface area contributed by atoms with Crippen molar-refractivity contribution < 1.29 is 19.1 Å². The van der Waals surface area contributed by atoms with E-state index in [1.807, 2.05) is 46.5 Å². The molecule has 166 valence electrons. The van der Waals surface area contributed by atoms with Gasteiger partial charge in [-0.25, -0.2) is 0 Å². The van der Waals surface area contributed by atoms with Crippen molar-refractivity contribution >= 4 is 51.8 Å². The molecule has 1 aliphatic heterocycles. The second-order valence-corrected chi connectivity index (χ2v) is 9.05. The Bertz CT molecular complexity index is 1100. The van der Waals surface area contributed by atoms with Crippen molar-refractivity contribution in [2.24, 2.45) is 0 Å². The quantitative estimate of drug-likeness (QED) is 0.537. The third kappa shape index (κ3) is 4.90. The highest BCUT2D eigenvalue weighted by Gasteiger charge is 2.25. The zero-order valence-electron chi connectivity index (χ0n) is 17.5. The van der Waals surface area contributed by atoms with Crippen LogP contribution in [0, 0.1) is 0 Å². The number of rotatable bonds is 6. The van der Waals surface area contributed by atoms with E-state index in [2.05, 4.69) is 10.6 Å². The molecule has 0 fully saturated rings. The normalized spacial score (nSPS) is 13.8. The summed E-state index contributed by atoms with van der Waals surface area (Å²) in [5, 5.41) is 11.0. The largest absolute Gasteiger partial charge is 0.375 e. The van der Waals surface area contributed by atoms with E-state index in [4.69, 9.17) is 4.74 Å². The summed E-state index contributed by atoms with van der Waals surface area (Å²) >= 11 is 2.96. The summed E-state index contributed by atoms with van der Waals surface area (Å²) in [5.74, 6) is -1.49. The van der Waals surface area contributed by atoms with Crippen LogP contribution in [0.25, 0.3) is 0 Å². The number of carbonyl (C=O) groups excluding carboxylic acids is 3. The molecule has 2 aromatic heterocycles. The van der Waals surface area contributed by atoms with Crippen molar-refractivity contribution in [1.29, 1.82) is 0 Å². The summed E-state index contributed by atoms with van der Waals surface area (Å²) in [5.41, 5.74) is 3.29. The minimum atomic E-state index is -0.743. The molecule has 0 spiro atoms. The van der Waals surface area contributed by atoms with E-state index in [1.165, 1.54) is 11.3 Å². The van der Waals surface area contributed by atoms with E-state index >= 15 is 0 Å². The lowest BCUT2D eigenvalue weighted by Crippen LogP contribution is -2.38. The standard InChI is InChI=1S/C23H23N3O4S2/c1-30-19(16-8-11-31-14-16)13-24-21(27)22(28)25-17-6-7-18-15(12-17)4-2-9-26(18)23(29)20-5-3-10-32-20/h3,5-8,10-12,14,19H,2,4,9,13H2,1H3,(H,24,27)(H,25,28)/t19-/m0/s1. The van der Waals surface area contributed by atoms with Gasteiger partial charge in [0.05, 0.1) is 4.88 Å². The van der Waals surface area contributed by atoms with Crippen molar-refractivity contribution in [3.8, 4) is 0 Å². The average Bonchev–Trinajstić information content (AvgIpc) is 3.53. The Labute approximate surface area is 194 Å². The fourth-order valence-corrected chi connectivity index (χ4v) is 5.04. The van der Waals surface area contributed by atoms with Gasteiger partial charge in [0.15, 0.2) is 0 Å². The number of nitrogens with one attached hydrogen (secondary N) is 2. The molecule has 4 rings (SSSR count). The van der Waals surface area contributed by atoms with E-state index in [9.17, 15) is 14.4 Å². The van der Waals surface area contributed by atoms with Crippen LogP contribution in [-0.4, -0.2) is 37.9 Å². The fourth-order valence-electron chi connectivity index (χ4n) is 3.67. The number of carbonyl (C=O) groups is 3. The second kappa shape index (κ2) is 10.1. The van der Waals surface area contributed by atoms with Gasteiger partial charge in [-0.05, 0) is 70.4 Å². The number of fused-ring (bicyclic) bond motifs is 1. The Balaban J connectivity index is 1.39. The van der Waals surface area contributed by atoms with Crippen LogP contribution in [0.3, 0.4) is 0 Å². The minimum Gasteiger partial charge on any atom is -0.375 e. The molecule has 3 heterocycles. The lowest BCUT2D eigenvalue weighted by molar-refractivity contribution is -0.136. The summed E-state index contributed by atoms with van der Waals surface area (Å²) in [6.45, 7) is 0.853. The zero-order valence-corrected chi connectivity index (χ0v) is 19.1. The van der Waals surface area contributed by atoms with E-state index in [-0.39, 0.29) is 18.6 Å². The molecule has 1 atom stereocenters. The first kappa shape index (κ1) is 22.2. The van der Waals surface area contributed by atoms with Crippen molar-refractivity contribution in [1.82, 2.24) is 5.32 Å². The van der Waals surface area contributed by atoms with Crippen molar-refractivity contribution in [2.45, 2.75) is 18.9 Å². The number of benzene rings is 1. The first-order valence-electron chi connectivity index (χ1n) is 10.2. The first-order valence-corrected chi connectivity index (χ1v) is 12.0. The molecule has 3 aromatic rings. The first-order chi connectivity index (χ1) is 15.6. The SMILES string of the molecule is CO[C@@H](CNC(=O)C(=O)Nc1ccc2c(c1)CCCN2C(=O)c1cccs1)c1ccsc1. The molecule has 1 aliphatic rings. The highest BCUT2D eigenvalue weighted by Crippen LogP contribution is 2.31. The van der Waals surface area contributed by atoms with Gasteiger partial charge in [-0.3, -0.25) is 14.4 Å². The average molecular weight is 470 g/mol. The molecular weight excluding hydrogens is 446 g/mol. The minimum absolute atomic E-state index is 0.0181. The Hall–Kier alpha value is -3.01. The van der Waals surface area contributed by atoms with E-state index in [0.29, 0.717) is 17.1 Å². The molecular formula is C23H23N3O4S2. The highest BCUT2D eigenvalue weighted by molar-refractivity contribution is 7.12. The van der Waals surface area contributed by atoms with Gasteiger partial charge in [-0.15, -0.1) is 11.3 Å². The van der Waals surface area contributed by atoms with Crippen molar-refractivity contribution in [3.63, 3.8) is 0 Å². The smallest absolute Gasteiger partial charge is 0.313 e. The maximum atomic E-state index is 12.8. The topological polar surface area (TPSA) is 87.7 Å². The number of ether oxygens (including phenoxy) is 1. The zero-order chi connectivity index (χ0) is 22.5. The summed E-state index contributed by atoms with van der Waals surface area (Å²) in [6, 6.07) is 11.0. The molecule has 0 aliphatic carbocycles. The van der Waals surface area contributed by atoms with Crippen LogP contribution in [0.15, 0.2) is 52.5 Å². The summed E-state index contributed by atoms with van der Waals surface area (Å²) in [6.07, 6.45) is 1.33. The van der Waals surface area contributed by atoms with Gasteiger partial charge in [0.25, 0.3) is 5.91 Å². The summed E-state index contributed by atoms with van der Waals surface area (Å²) in [4.78, 5) is 39.9. The van der Waals surface area contributed by atoms with Gasteiger partial charge in [-0.1, -0.05) is 6.07 Å². The van der Waals surface area contributed by atoms with Crippen LogP contribution in [-0.2, 0) is 20.7 Å². The fraction of sp³-hybridized carbons (Fsp3) is 0.261. The summed E-state index contributed by atoms with van der Waals surface area (Å²) in [7, 11) is 1.56. The predicted molar refractivity (Wildman–Crippen MR) is 126 cm³/mol. The molecule has 0 unspecified atom stereocenters. The second-order valence-electron chi connectivity index (χ2n) is 7.33. The van der Waals surface area contributed by atoms with Crippen LogP contribution >= 0.6 is 22.7 Å². The third-order valence-electron chi connectivity index (χ3n) is 5.29. The maximum absolute atomic E-state index is 12.8. The van der Waals surface area contributed by atoms with Crippen molar-refractivity contribution in [3.05, 3.63) is 68.5 Å². The molecule has 32 heavy (non-hydrogen) atoms. The number of anilines is 2. The summed E-state index contributed by atoms with van der Waals surface area (Å²) < 4.78 is 5.39. The van der Waals surface area contributed by atoms with E-state index < -0.39 is 11.8 Å². The van der Waals surface area contributed by atoms with Gasteiger partial charge < -0.3 is 20.3 Å². The molecule has 2 N–H and O–H groups in total. The van der Waals surface area contributed by atoms with Crippen molar-refractivity contribution in [2.75, 3.05) is 30.4 Å². The third-order valence-corrected chi connectivity index (χ3v) is 6.85. The van der Waals surface area contributed by atoms with Crippen LogP contribution in [0.1, 0.15) is 33.3 Å². The lowest BCUT2D eigenvalue weighted by atomic mass is 10.0. The van der Waals surface area contributed by atoms with Gasteiger partial charge in [0.2, 0.25) is 0 Å². The van der Waals surface area contributed by atoms with Gasteiger partial charge in [0.1, 0.15) is 6.10 Å². The van der Waals surface area contributed by atoms with Gasteiger partial charge in [-0.2, -0.15) is 11.3 Å². The lowest BCUT2D eigenvalue weighted by Gasteiger charge is -2.29. The van der Waals surface area contributed by atoms with Crippen LogP contribution in [0.5, 0.6) is 0 Å². The molecule has 0 saturated carbocycles. The molecule has 7 nitrogen and oxygen atoms in total. The number of thiophene rings is 2. The van der Waals surface area contributed by atoms with Gasteiger partial charge >= 0.3 is 11.8 Å². The number of hydrogen-bond donors (Lipinski definition) is 2. The van der Waals surface area contributed by atoms with Crippen LogP contribution < -0.4 is 15.5 Å².